The third-order valence-corrected chi connectivity index (χ3v) is 7.33. The number of hydrogen-bond donors (Lipinski definition) is 2. The SMILES string of the molecule is COc1cc2c(cc1C=O)oc(=O)n2CC/C=C/c1ccc(-c2ccccc2)c(NC(=O)OC2CCC(N)CC2)c1. The second-order valence-corrected chi connectivity index (χ2v) is 10.1. The molecule has 1 amide bonds. The van der Waals surface area contributed by atoms with Crippen molar-refractivity contribution in [1.29, 1.82) is 0 Å². The zero-order chi connectivity index (χ0) is 28.8. The Balaban J connectivity index is 1.31. The van der Waals surface area contributed by atoms with E-state index in [1.54, 1.807) is 6.07 Å². The number of rotatable bonds is 9. The molecule has 0 saturated heterocycles. The molecule has 1 heterocycles. The lowest BCUT2D eigenvalue weighted by atomic mass is 9.94. The van der Waals surface area contributed by atoms with E-state index < -0.39 is 11.8 Å². The van der Waals surface area contributed by atoms with Gasteiger partial charge in [-0.1, -0.05) is 54.6 Å². The third-order valence-electron chi connectivity index (χ3n) is 7.33. The van der Waals surface area contributed by atoms with Crippen molar-refractivity contribution < 1.29 is 23.5 Å². The maximum absolute atomic E-state index is 12.8. The van der Waals surface area contributed by atoms with Gasteiger partial charge in [0.15, 0.2) is 11.9 Å². The summed E-state index contributed by atoms with van der Waals surface area (Å²) in [6.45, 7) is 0.372. The molecule has 4 aromatic rings. The van der Waals surface area contributed by atoms with Crippen LogP contribution in [-0.2, 0) is 11.3 Å². The van der Waals surface area contributed by atoms with E-state index in [9.17, 15) is 14.4 Å². The number of nitrogens with two attached hydrogens (primary N) is 1. The minimum absolute atomic E-state index is 0.134. The molecule has 3 N–H and O–H groups in total. The molecule has 5 rings (SSSR count). The van der Waals surface area contributed by atoms with E-state index in [0.29, 0.717) is 47.4 Å². The van der Waals surface area contributed by atoms with E-state index in [1.165, 1.54) is 17.7 Å². The number of aryl methyl sites for hydroxylation is 1. The van der Waals surface area contributed by atoms with Gasteiger partial charge in [0.25, 0.3) is 0 Å². The highest BCUT2D eigenvalue weighted by Crippen LogP contribution is 2.30. The molecule has 1 saturated carbocycles. The first kappa shape index (κ1) is 27.9. The van der Waals surface area contributed by atoms with Crippen molar-refractivity contribution >= 4 is 35.2 Å². The standard InChI is InChI=1S/C32H33N3O6/c1-39-29-19-28-30(18-23(29)20-36)41-32(38)35(28)16-6-5-7-21-10-15-26(22-8-3-2-4-9-22)27(17-21)34-31(37)40-25-13-11-24(33)12-14-25/h2-5,7-10,15,17-20,24-25H,6,11-14,16,33H2,1H3,(H,34,37)/b7-5+. The molecule has 212 valence electrons. The van der Waals surface area contributed by atoms with E-state index in [1.807, 2.05) is 60.7 Å². The summed E-state index contributed by atoms with van der Waals surface area (Å²) >= 11 is 0. The summed E-state index contributed by atoms with van der Waals surface area (Å²) in [6, 6.07) is 19.0. The fraction of sp³-hybridized carbons (Fsp3) is 0.281. The van der Waals surface area contributed by atoms with Crippen molar-refractivity contribution in [2.75, 3.05) is 12.4 Å². The van der Waals surface area contributed by atoms with Crippen LogP contribution in [0.25, 0.3) is 28.3 Å². The predicted molar refractivity (Wildman–Crippen MR) is 158 cm³/mol. The van der Waals surface area contributed by atoms with Crippen LogP contribution in [0.1, 0.15) is 48.0 Å². The predicted octanol–water partition coefficient (Wildman–Crippen LogP) is 6.00. The molecule has 0 atom stereocenters. The average molecular weight is 556 g/mol. The first-order chi connectivity index (χ1) is 19.9. The number of carbonyl (C=O) groups is 2. The van der Waals surface area contributed by atoms with Crippen molar-refractivity contribution in [3.05, 3.63) is 88.4 Å². The molecular formula is C32H33N3O6. The average Bonchev–Trinajstić information content (AvgIpc) is 3.29. The number of nitrogens with one attached hydrogen (secondary N) is 1. The van der Waals surface area contributed by atoms with E-state index in [2.05, 4.69) is 5.32 Å². The normalized spacial score (nSPS) is 17.0. The van der Waals surface area contributed by atoms with Crippen LogP contribution in [0.4, 0.5) is 10.5 Å². The molecule has 0 spiro atoms. The van der Waals surface area contributed by atoms with Gasteiger partial charge in [-0.3, -0.25) is 14.7 Å². The van der Waals surface area contributed by atoms with Gasteiger partial charge in [-0.15, -0.1) is 0 Å². The van der Waals surface area contributed by atoms with E-state index in [0.717, 1.165) is 42.4 Å². The summed E-state index contributed by atoms with van der Waals surface area (Å²) in [4.78, 5) is 36.6. The Kier molecular flexibility index (Phi) is 8.64. The van der Waals surface area contributed by atoms with Gasteiger partial charge < -0.3 is 19.6 Å². The van der Waals surface area contributed by atoms with Crippen LogP contribution >= 0.6 is 0 Å². The van der Waals surface area contributed by atoms with Crippen molar-refractivity contribution in [3.63, 3.8) is 0 Å². The van der Waals surface area contributed by atoms with Crippen molar-refractivity contribution in [2.24, 2.45) is 5.73 Å². The lowest BCUT2D eigenvalue weighted by Crippen LogP contribution is -2.32. The van der Waals surface area contributed by atoms with Gasteiger partial charge in [0.05, 0.1) is 23.9 Å². The Bertz CT molecular complexity index is 1610. The smallest absolute Gasteiger partial charge is 0.419 e. The molecule has 41 heavy (non-hydrogen) atoms. The first-order valence-corrected chi connectivity index (χ1v) is 13.7. The number of benzene rings is 3. The highest BCUT2D eigenvalue weighted by molar-refractivity contribution is 5.92. The number of amides is 1. The summed E-state index contributed by atoms with van der Waals surface area (Å²) in [5.74, 6) is -0.127. The van der Waals surface area contributed by atoms with E-state index >= 15 is 0 Å². The molecule has 1 aromatic heterocycles. The van der Waals surface area contributed by atoms with Crippen LogP contribution in [0.5, 0.6) is 5.75 Å². The second kappa shape index (κ2) is 12.7. The number of fused-ring (bicyclic) bond motifs is 1. The number of oxazole rings is 1. The van der Waals surface area contributed by atoms with Crippen LogP contribution in [0.3, 0.4) is 0 Å². The summed E-state index contributed by atoms with van der Waals surface area (Å²) in [7, 11) is 1.47. The minimum atomic E-state index is -0.504. The van der Waals surface area contributed by atoms with Crippen LogP contribution in [0.2, 0.25) is 0 Å². The van der Waals surface area contributed by atoms with E-state index in [4.69, 9.17) is 19.6 Å². The van der Waals surface area contributed by atoms with Gasteiger partial charge in [0, 0.05) is 24.2 Å². The maximum atomic E-state index is 12.8. The largest absolute Gasteiger partial charge is 0.496 e. The summed E-state index contributed by atoms with van der Waals surface area (Å²) in [6.07, 6.45) is 7.71. The molecule has 0 unspecified atom stereocenters. The second-order valence-electron chi connectivity index (χ2n) is 10.1. The molecule has 1 fully saturated rings. The monoisotopic (exact) mass is 555 g/mol. The van der Waals surface area contributed by atoms with E-state index in [-0.39, 0.29) is 12.1 Å². The maximum Gasteiger partial charge on any atom is 0.419 e. The molecule has 0 bridgehead atoms. The van der Waals surface area contributed by atoms with Gasteiger partial charge >= 0.3 is 11.8 Å². The Hall–Kier alpha value is -4.63. The number of hydrogen-bond acceptors (Lipinski definition) is 7. The zero-order valence-electron chi connectivity index (χ0n) is 22.9. The van der Waals surface area contributed by atoms with Gasteiger partial charge in [-0.05, 0) is 55.4 Å². The number of nitrogens with zero attached hydrogens (tertiary/aromatic N) is 1. The number of methoxy groups -OCH3 is 1. The number of aldehydes is 1. The van der Waals surface area contributed by atoms with Crippen LogP contribution < -0.4 is 21.5 Å². The van der Waals surface area contributed by atoms with Gasteiger partial charge in [-0.2, -0.15) is 0 Å². The molecule has 1 aliphatic rings. The molecule has 0 aliphatic heterocycles. The Morgan fingerprint density at radius 3 is 2.61 bits per heavy atom. The van der Waals surface area contributed by atoms with Crippen molar-refractivity contribution in [3.8, 4) is 16.9 Å². The van der Waals surface area contributed by atoms with Crippen LogP contribution in [0, 0.1) is 0 Å². The molecule has 0 radical (unpaired) electrons. The third kappa shape index (κ3) is 6.58. The fourth-order valence-electron chi connectivity index (χ4n) is 5.14. The lowest BCUT2D eigenvalue weighted by Gasteiger charge is -2.26. The Morgan fingerprint density at radius 2 is 1.88 bits per heavy atom. The Labute approximate surface area is 237 Å². The van der Waals surface area contributed by atoms with Gasteiger partial charge in [-0.25, -0.2) is 9.59 Å². The number of carbonyl (C=O) groups excluding carboxylic acids is 2. The molecular weight excluding hydrogens is 522 g/mol. The van der Waals surface area contributed by atoms with Crippen LogP contribution in [-0.4, -0.2) is 36.2 Å². The summed E-state index contributed by atoms with van der Waals surface area (Å²) in [5, 5.41) is 2.95. The molecule has 3 aromatic carbocycles. The highest BCUT2D eigenvalue weighted by atomic mass is 16.6. The number of anilines is 1. The molecule has 1 aliphatic carbocycles. The van der Waals surface area contributed by atoms with Crippen molar-refractivity contribution in [2.45, 2.75) is 50.8 Å². The molecule has 9 heteroatoms. The topological polar surface area (TPSA) is 126 Å². The van der Waals surface area contributed by atoms with Gasteiger partial charge in [0.1, 0.15) is 11.9 Å². The number of aromatic nitrogens is 1. The zero-order valence-corrected chi connectivity index (χ0v) is 22.9. The fourth-order valence-corrected chi connectivity index (χ4v) is 5.14. The Morgan fingerprint density at radius 1 is 1.10 bits per heavy atom. The molecule has 9 nitrogen and oxygen atoms in total. The minimum Gasteiger partial charge on any atom is -0.496 e. The summed E-state index contributed by atoms with van der Waals surface area (Å²) < 4.78 is 17.8. The quantitative estimate of drug-likeness (QED) is 0.242. The number of allylic oxidation sites excluding steroid dienone is 1. The highest BCUT2D eigenvalue weighted by Gasteiger charge is 2.22. The van der Waals surface area contributed by atoms with Crippen LogP contribution in [0.15, 0.2) is 76.0 Å². The lowest BCUT2D eigenvalue weighted by molar-refractivity contribution is 0.0826. The van der Waals surface area contributed by atoms with Gasteiger partial charge in [0.2, 0.25) is 0 Å². The first-order valence-electron chi connectivity index (χ1n) is 13.7. The number of ether oxygens (including phenoxy) is 2. The summed E-state index contributed by atoms with van der Waals surface area (Å²) in [5.41, 5.74) is 10.6. The van der Waals surface area contributed by atoms with Crippen molar-refractivity contribution in [1.82, 2.24) is 4.57 Å².